The van der Waals surface area contributed by atoms with Crippen molar-refractivity contribution in [2.45, 2.75) is 45.7 Å². The van der Waals surface area contributed by atoms with Crippen LogP contribution in [0.2, 0.25) is 0 Å². The maximum absolute atomic E-state index is 12.3. The summed E-state index contributed by atoms with van der Waals surface area (Å²) in [5.41, 5.74) is 8.17. The third-order valence-corrected chi connectivity index (χ3v) is 5.57. The molecule has 2 aliphatic rings. The van der Waals surface area contributed by atoms with Gasteiger partial charge in [0.1, 0.15) is 0 Å². The Hall–Kier alpha value is -1.63. The third kappa shape index (κ3) is 5.43. The predicted octanol–water partition coefficient (Wildman–Crippen LogP) is 1.91. The summed E-state index contributed by atoms with van der Waals surface area (Å²) in [5, 5.41) is 2.99. The van der Waals surface area contributed by atoms with Gasteiger partial charge in [0.05, 0.1) is 6.54 Å². The first-order valence-corrected chi connectivity index (χ1v) is 9.49. The molecule has 27 heavy (non-hydrogen) atoms. The molecule has 3 rings (SSSR count). The van der Waals surface area contributed by atoms with Crippen molar-refractivity contribution in [2.24, 2.45) is 11.1 Å². The van der Waals surface area contributed by atoms with Gasteiger partial charge in [-0.2, -0.15) is 0 Å². The van der Waals surface area contributed by atoms with Crippen LogP contribution in [0.1, 0.15) is 38.7 Å². The molecule has 0 aromatic heterocycles. The number of benzene rings is 1. The van der Waals surface area contributed by atoms with Crippen molar-refractivity contribution in [1.82, 2.24) is 10.2 Å². The van der Waals surface area contributed by atoms with E-state index in [2.05, 4.69) is 24.1 Å². The summed E-state index contributed by atoms with van der Waals surface area (Å²) in [5.74, 6) is 0.227. The number of anilines is 1. The summed E-state index contributed by atoms with van der Waals surface area (Å²) in [4.78, 5) is 28.1. The molecule has 0 spiro atoms. The van der Waals surface area contributed by atoms with Gasteiger partial charge in [0, 0.05) is 44.3 Å². The van der Waals surface area contributed by atoms with Crippen LogP contribution in [0.25, 0.3) is 0 Å². The molecular weight excluding hydrogens is 364 g/mol. The predicted molar refractivity (Wildman–Crippen MR) is 110 cm³/mol. The van der Waals surface area contributed by atoms with E-state index < -0.39 is 0 Å². The molecule has 150 valence electrons. The number of amides is 2. The highest BCUT2D eigenvalue weighted by molar-refractivity contribution is 5.95. The van der Waals surface area contributed by atoms with Gasteiger partial charge >= 0.3 is 0 Å². The second kappa shape index (κ2) is 9.04. The summed E-state index contributed by atoms with van der Waals surface area (Å²) in [6.07, 6.45) is 2.49. The highest BCUT2D eigenvalue weighted by Gasteiger charge is 2.33. The van der Waals surface area contributed by atoms with Crippen LogP contribution in [0.5, 0.6) is 0 Å². The number of hydrogen-bond donors (Lipinski definition) is 2. The molecule has 0 radical (unpaired) electrons. The first-order valence-electron chi connectivity index (χ1n) is 9.49. The highest BCUT2D eigenvalue weighted by atomic mass is 35.5. The topological polar surface area (TPSA) is 78.7 Å². The molecule has 2 saturated heterocycles. The average Bonchev–Trinajstić information content (AvgIpc) is 3.02. The smallest absolute Gasteiger partial charge is 0.234 e. The second-order valence-corrected chi connectivity index (χ2v) is 8.19. The van der Waals surface area contributed by atoms with Crippen molar-refractivity contribution >= 4 is 29.9 Å². The van der Waals surface area contributed by atoms with Crippen LogP contribution in [0.15, 0.2) is 24.3 Å². The van der Waals surface area contributed by atoms with Crippen molar-refractivity contribution in [3.8, 4) is 0 Å². The van der Waals surface area contributed by atoms with Gasteiger partial charge < -0.3 is 16.0 Å². The van der Waals surface area contributed by atoms with Crippen molar-refractivity contribution in [3.63, 3.8) is 0 Å². The zero-order valence-corrected chi connectivity index (χ0v) is 17.1. The molecule has 1 aromatic rings. The molecule has 2 aliphatic heterocycles. The van der Waals surface area contributed by atoms with E-state index in [0.717, 1.165) is 43.7 Å². The second-order valence-electron chi connectivity index (χ2n) is 8.19. The molecule has 2 amide bonds. The Balaban J connectivity index is 0.00000261. The van der Waals surface area contributed by atoms with Crippen molar-refractivity contribution in [1.29, 1.82) is 0 Å². The Labute approximate surface area is 167 Å². The fourth-order valence-corrected chi connectivity index (χ4v) is 3.79. The summed E-state index contributed by atoms with van der Waals surface area (Å²) < 4.78 is 0. The Morgan fingerprint density at radius 3 is 2.56 bits per heavy atom. The molecule has 2 heterocycles. The molecule has 6 nitrogen and oxygen atoms in total. The molecule has 7 heteroatoms. The lowest BCUT2D eigenvalue weighted by Crippen LogP contribution is -2.54. The minimum Gasteiger partial charge on any atom is -0.351 e. The van der Waals surface area contributed by atoms with E-state index in [1.54, 1.807) is 0 Å². The Bertz CT molecular complexity index is 662. The van der Waals surface area contributed by atoms with Gasteiger partial charge in [0.25, 0.3) is 0 Å². The maximum atomic E-state index is 12.3. The summed E-state index contributed by atoms with van der Waals surface area (Å²) in [6, 6.07) is 8.07. The maximum Gasteiger partial charge on any atom is 0.234 e. The van der Waals surface area contributed by atoms with E-state index in [9.17, 15) is 9.59 Å². The van der Waals surface area contributed by atoms with Gasteiger partial charge in [-0.1, -0.05) is 26.0 Å². The van der Waals surface area contributed by atoms with E-state index >= 15 is 0 Å². The fourth-order valence-electron chi connectivity index (χ4n) is 3.79. The lowest BCUT2D eigenvalue weighted by Gasteiger charge is -2.42. The van der Waals surface area contributed by atoms with Crippen LogP contribution in [0.3, 0.4) is 0 Å². The molecule has 0 aliphatic carbocycles. The number of carbonyl (C=O) groups excluding carboxylic acids is 2. The van der Waals surface area contributed by atoms with Crippen molar-refractivity contribution in [3.05, 3.63) is 29.8 Å². The average molecular weight is 395 g/mol. The van der Waals surface area contributed by atoms with Crippen LogP contribution >= 0.6 is 12.4 Å². The third-order valence-electron chi connectivity index (χ3n) is 5.57. The number of nitrogens with zero attached hydrogens (tertiary/aromatic N) is 2. The van der Waals surface area contributed by atoms with E-state index in [1.165, 1.54) is 0 Å². The van der Waals surface area contributed by atoms with Gasteiger partial charge in [-0.25, -0.2) is 0 Å². The van der Waals surface area contributed by atoms with Gasteiger partial charge in [-0.3, -0.25) is 14.5 Å². The van der Waals surface area contributed by atoms with Gasteiger partial charge in [-0.15, -0.1) is 12.4 Å². The number of nitrogens with one attached hydrogen (secondary N) is 1. The number of halogens is 1. The Morgan fingerprint density at radius 1 is 1.26 bits per heavy atom. The number of rotatable bonds is 5. The largest absolute Gasteiger partial charge is 0.351 e. The van der Waals surface area contributed by atoms with Crippen molar-refractivity contribution < 1.29 is 9.59 Å². The molecule has 1 atom stereocenters. The summed E-state index contributed by atoms with van der Waals surface area (Å²) in [6.45, 7) is 7.75. The minimum atomic E-state index is 0. The lowest BCUT2D eigenvalue weighted by molar-refractivity contribution is -0.123. The first kappa shape index (κ1) is 21.7. The van der Waals surface area contributed by atoms with Crippen LogP contribution < -0.4 is 16.0 Å². The zero-order valence-electron chi connectivity index (χ0n) is 16.2. The van der Waals surface area contributed by atoms with Crippen LogP contribution in [-0.2, 0) is 16.1 Å². The normalized spacial score (nSPS) is 22.4. The molecular formula is C20H31ClN4O2. The SMILES string of the molecule is CC1(C)CN(CC(=O)NCc2ccc(N3CCCC3=O)cc2)CCC1N.Cl. The van der Waals surface area contributed by atoms with E-state index in [4.69, 9.17) is 5.73 Å². The molecule has 3 N–H and O–H groups in total. The highest BCUT2D eigenvalue weighted by Crippen LogP contribution is 2.27. The molecule has 0 bridgehead atoms. The lowest BCUT2D eigenvalue weighted by atomic mass is 9.80. The van der Waals surface area contributed by atoms with E-state index in [0.29, 0.717) is 19.5 Å². The number of likely N-dealkylation sites (tertiary alicyclic amines) is 1. The zero-order chi connectivity index (χ0) is 18.7. The number of hydrogen-bond acceptors (Lipinski definition) is 4. The minimum absolute atomic E-state index is 0. The molecule has 1 unspecified atom stereocenters. The standard InChI is InChI=1S/C20H30N4O2.ClH/c1-20(2)14-23(11-9-17(20)21)13-18(25)22-12-15-5-7-16(8-6-15)24-10-3-4-19(24)26;/h5-8,17H,3-4,9-14,21H2,1-2H3,(H,22,25);1H. The number of piperidine rings is 1. The van der Waals surface area contributed by atoms with Crippen LogP contribution in [0.4, 0.5) is 5.69 Å². The first-order chi connectivity index (χ1) is 12.3. The fraction of sp³-hybridized carbons (Fsp3) is 0.600. The summed E-state index contributed by atoms with van der Waals surface area (Å²) in [7, 11) is 0. The number of nitrogens with two attached hydrogens (primary N) is 1. The Kier molecular flexibility index (Phi) is 7.25. The molecule has 2 fully saturated rings. The van der Waals surface area contributed by atoms with E-state index in [1.807, 2.05) is 29.2 Å². The molecule has 1 aromatic carbocycles. The van der Waals surface area contributed by atoms with Gasteiger partial charge in [-0.05, 0) is 36.0 Å². The molecule has 0 saturated carbocycles. The van der Waals surface area contributed by atoms with E-state index in [-0.39, 0.29) is 35.7 Å². The quantitative estimate of drug-likeness (QED) is 0.799. The van der Waals surface area contributed by atoms with Gasteiger partial charge in [0.2, 0.25) is 11.8 Å². The van der Waals surface area contributed by atoms with Crippen LogP contribution in [0, 0.1) is 5.41 Å². The van der Waals surface area contributed by atoms with Crippen molar-refractivity contribution in [2.75, 3.05) is 31.1 Å². The summed E-state index contributed by atoms with van der Waals surface area (Å²) >= 11 is 0. The van der Waals surface area contributed by atoms with Gasteiger partial charge in [0.15, 0.2) is 0 Å². The monoisotopic (exact) mass is 394 g/mol. The number of carbonyl (C=O) groups is 2. The van der Waals surface area contributed by atoms with Crippen LogP contribution in [-0.4, -0.2) is 48.9 Å². The Morgan fingerprint density at radius 2 is 1.96 bits per heavy atom.